The van der Waals surface area contributed by atoms with Crippen molar-refractivity contribution in [2.24, 2.45) is 5.92 Å². The van der Waals surface area contributed by atoms with Crippen LogP contribution in [0.3, 0.4) is 0 Å². The standard InChI is InChI=1S/C22H23N3O5/c1-28-22(29-2)12-4-3-11(9-12)15-10-16-13(7-8-23-16)18-19(25-30-20(15)18)14-5-6-17(26)24-21(14)27/h3,7-8,10,12,14,22-23H,4-6,9H2,1-2H3,(H,24,26,27)/t12-,14?/m1/s1. The molecule has 2 aliphatic rings. The van der Waals surface area contributed by atoms with Crippen molar-refractivity contribution in [1.29, 1.82) is 0 Å². The molecule has 0 bridgehead atoms. The maximum Gasteiger partial charge on any atom is 0.235 e. The molecule has 0 radical (unpaired) electrons. The Labute approximate surface area is 172 Å². The number of rotatable bonds is 5. The van der Waals surface area contributed by atoms with Crippen LogP contribution >= 0.6 is 0 Å². The van der Waals surface area contributed by atoms with Gasteiger partial charge >= 0.3 is 0 Å². The maximum atomic E-state index is 12.5. The van der Waals surface area contributed by atoms with Gasteiger partial charge in [-0.05, 0) is 37.0 Å². The molecule has 1 aliphatic carbocycles. The fraction of sp³-hybridized carbons (Fsp3) is 0.409. The number of carbonyl (C=O) groups is 2. The number of fused-ring (bicyclic) bond motifs is 3. The van der Waals surface area contributed by atoms with Crippen LogP contribution in [-0.2, 0) is 19.1 Å². The lowest BCUT2D eigenvalue weighted by molar-refractivity contribution is -0.134. The summed E-state index contributed by atoms with van der Waals surface area (Å²) < 4.78 is 16.7. The van der Waals surface area contributed by atoms with Crippen molar-refractivity contribution in [3.8, 4) is 0 Å². The van der Waals surface area contributed by atoms with Gasteiger partial charge in [-0.15, -0.1) is 0 Å². The molecule has 1 aliphatic heterocycles. The van der Waals surface area contributed by atoms with Crippen molar-refractivity contribution >= 4 is 39.3 Å². The van der Waals surface area contributed by atoms with E-state index in [0.29, 0.717) is 24.1 Å². The number of imide groups is 1. The lowest BCUT2D eigenvalue weighted by Crippen LogP contribution is -2.39. The smallest absolute Gasteiger partial charge is 0.235 e. The van der Waals surface area contributed by atoms with E-state index in [2.05, 4.69) is 27.6 Å². The average Bonchev–Trinajstić information content (AvgIpc) is 3.47. The van der Waals surface area contributed by atoms with Gasteiger partial charge in [0.15, 0.2) is 11.9 Å². The van der Waals surface area contributed by atoms with Crippen LogP contribution in [0.15, 0.2) is 28.9 Å². The topological polar surface area (TPSA) is 106 Å². The Bertz CT molecular complexity index is 1170. The van der Waals surface area contributed by atoms with E-state index in [9.17, 15) is 9.59 Å². The third-order valence-corrected chi connectivity index (χ3v) is 6.21. The molecular weight excluding hydrogens is 386 g/mol. The summed E-state index contributed by atoms with van der Waals surface area (Å²) >= 11 is 0. The largest absolute Gasteiger partial charge is 0.361 e. The summed E-state index contributed by atoms with van der Waals surface area (Å²) in [5.41, 5.74) is 4.31. The Balaban J connectivity index is 1.60. The Kier molecular flexibility index (Phi) is 4.67. The van der Waals surface area contributed by atoms with E-state index in [1.54, 1.807) is 14.2 Å². The predicted molar refractivity (Wildman–Crippen MR) is 109 cm³/mol. The molecule has 0 saturated carbocycles. The van der Waals surface area contributed by atoms with E-state index in [-0.39, 0.29) is 24.0 Å². The van der Waals surface area contributed by atoms with Gasteiger partial charge in [0.2, 0.25) is 11.8 Å². The van der Waals surface area contributed by atoms with Crippen molar-refractivity contribution < 1.29 is 23.6 Å². The van der Waals surface area contributed by atoms with Crippen molar-refractivity contribution in [1.82, 2.24) is 15.5 Å². The number of allylic oxidation sites excluding steroid dienone is 2. The number of hydrogen-bond acceptors (Lipinski definition) is 6. The molecule has 8 heteroatoms. The number of aromatic amines is 1. The molecule has 156 valence electrons. The number of aromatic nitrogens is 2. The van der Waals surface area contributed by atoms with Crippen molar-refractivity contribution in [2.75, 3.05) is 14.2 Å². The van der Waals surface area contributed by atoms with Crippen LogP contribution in [0.4, 0.5) is 0 Å². The molecule has 2 atom stereocenters. The summed E-state index contributed by atoms with van der Waals surface area (Å²) in [5.74, 6) is -0.848. The van der Waals surface area contributed by atoms with Gasteiger partial charge in [-0.25, -0.2) is 0 Å². The molecule has 1 unspecified atom stereocenters. The molecule has 2 amide bonds. The van der Waals surface area contributed by atoms with Crippen LogP contribution in [0.1, 0.15) is 42.9 Å². The summed E-state index contributed by atoms with van der Waals surface area (Å²) in [5, 5.41) is 8.51. The highest BCUT2D eigenvalue weighted by Crippen LogP contribution is 2.42. The molecule has 8 nitrogen and oxygen atoms in total. The van der Waals surface area contributed by atoms with E-state index in [4.69, 9.17) is 14.0 Å². The van der Waals surface area contributed by atoms with E-state index in [1.165, 1.54) is 0 Å². The fourth-order valence-electron chi connectivity index (χ4n) is 4.76. The molecule has 1 aromatic carbocycles. The van der Waals surface area contributed by atoms with Crippen molar-refractivity contribution in [3.63, 3.8) is 0 Å². The number of carbonyl (C=O) groups excluding carboxylic acids is 2. The number of piperidine rings is 1. The summed E-state index contributed by atoms with van der Waals surface area (Å²) in [4.78, 5) is 27.3. The molecule has 5 rings (SSSR count). The zero-order chi connectivity index (χ0) is 20.8. The molecule has 1 fully saturated rings. The van der Waals surface area contributed by atoms with E-state index < -0.39 is 5.92 Å². The Hall–Kier alpha value is -2.97. The minimum Gasteiger partial charge on any atom is -0.361 e. The number of amides is 2. The quantitative estimate of drug-likeness (QED) is 0.495. The number of benzene rings is 1. The van der Waals surface area contributed by atoms with E-state index in [0.717, 1.165) is 40.3 Å². The number of hydrogen-bond donors (Lipinski definition) is 2. The first-order valence-corrected chi connectivity index (χ1v) is 10.1. The van der Waals surface area contributed by atoms with Gasteiger partial charge in [-0.1, -0.05) is 11.2 Å². The van der Waals surface area contributed by atoms with Crippen molar-refractivity contribution in [3.05, 3.63) is 35.7 Å². The summed E-state index contributed by atoms with van der Waals surface area (Å²) in [6.07, 6.45) is 6.15. The summed E-state index contributed by atoms with van der Waals surface area (Å²) in [7, 11) is 3.30. The zero-order valence-corrected chi connectivity index (χ0v) is 16.9. The third-order valence-electron chi connectivity index (χ3n) is 6.21. The van der Waals surface area contributed by atoms with Gasteiger partial charge in [-0.2, -0.15) is 0 Å². The number of nitrogens with one attached hydrogen (secondary N) is 2. The van der Waals surface area contributed by atoms with Crippen LogP contribution in [-0.4, -0.2) is 42.5 Å². The summed E-state index contributed by atoms with van der Waals surface area (Å²) in [6.45, 7) is 0. The van der Waals surface area contributed by atoms with Crippen LogP contribution in [0.5, 0.6) is 0 Å². The summed E-state index contributed by atoms with van der Waals surface area (Å²) in [6, 6.07) is 4.03. The minimum absolute atomic E-state index is 0.224. The maximum absolute atomic E-state index is 12.5. The second-order valence-electron chi connectivity index (χ2n) is 7.91. The van der Waals surface area contributed by atoms with E-state index >= 15 is 0 Å². The highest BCUT2D eigenvalue weighted by molar-refractivity contribution is 6.12. The number of methoxy groups -OCH3 is 2. The Morgan fingerprint density at radius 2 is 2.10 bits per heavy atom. The number of ether oxygens (including phenoxy) is 2. The Morgan fingerprint density at radius 3 is 2.87 bits per heavy atom. The van der Waals surface area contributed by atoms with Crippen molar-refractivity contribution in [2.45, 2.75) is 37.9 Å². The first-order valence-electron chi connectivity index (χ1n) is 10.1. The fourth-order valence-corrected chi connectivity index (χ4v) is 4.76. The zero-order valence-electron chi connectivity index (χ0n) is 16.9. The first-order chi connectivity index (χ1) is 14.6. The van der Waals surface area contributed by atoms with Gasteiger partial charge in [0.05, 0.1) is 11.3 Å². The molecule has 0 spiro atoms. The van der Waals surface area contributed by atoms with Crippen LogP contribution in [0.25, 0.3) is 27.4 Å². The van der Waals surface area contributed by atoms with Gasteiger partial charge in [0, 0.05) is 49.2 Å². The van der Waals surface area contributed by atoms with Gasteiger partial charge in [0.25, 0.3) is 0 Å². The predicted octanol–water partition coefficient (Wildman–Crippen LogP) is 3.24. The molecule has 3 heterocycles. The Morgan fingerprint density at radius 1 is 1.27 bits per heavy atom. The number of nitrogens with zero attached hydrogens (tertiary/aromatic N) is 1. The normalized spacial score (nSPS) is 22.3. The molecule has 2 N–H and O–H groups in total. The number of H-pyrrole nitrogens is 1. The highest BCUT2D eigenvalue weighted by atomic mass is 16.7. The first kappa shape index (κ1) is 19.0. The lowest BCUT2D eigenvalue weighted by atomic mass is 9.90. The minimum atomic E-state index is -0.506. The molecular formula is C22H23N3O5. The molecule has 3 aromatic rings. The average molecular weight is 409 g/mol. The third kappa shape index (κ3) is 2.95. The lowest BCUT2D eigenvalue weighted by Gasteiger charge is -2.20. The molecule has 30 heavy (non-hydrogen) atoms. The molecule has 1 saturated heterocycles. The second kappa shape index (κ2) is 7.37. The van der Waals surface area contributed by atoms with Gasteiger partial charge in [-0.3, -0.25) is 14.9 Å². The highest BCUT2D eigenvalue weighted by Gasteiger charge is 2.34. The van der Waals surface area contributed by atoms with E-state index in [1.807, 2.05) is 12.3 Å². The van der Waals surface area contributed by atoms with Crippen LogP contribution in [0.2, 0.25) is 0 Å². The molecule has 2 aromatic heterocycles. The SMILES string of the molecule is COC(OC)[C@@H]1CC=C(c2cc3[nH]ccc3c3c(C4CCC(=O)NC4=O)noc23)C1. The monoisotopic (exact) mass is 409 g/mol. The van der Waals surface area contributed by atoms with Crippen LogP contribution in [0, 0.1) is 5.92 Å². The van der Waals surface area contributed by atoms with Crippen LogP contribution < -0.4 is 5.32 Å². The second-order valence-corrected chi connectivity index (χ2v) is 7.91. The van der Waals surface area contributed by atoms with Gasteiger partial charge in [0.1, 0.15) is 5.69 Å². The van der Waals surface area contributed by atoms with Gasteiger partial charge < -0.3 is 19.0 Å².